The summed E-state index contributed by atoms with van der Waals surface area (Å²) in [6.07, 6.45) is 2.57. The van der Waals surface area contributed by atoms with Gasteiger partial charge in [-0.25, -0.2) is 0 Å². The van der Waals surface area contributed by atoms with Crippen molar-refractivity contribution in [2.45, 2.75) is 6.92 Å². The first-order valence-electron chi connectivity index (χ1n) is 5.43. The van der Waals surface area contributed by atoms with E-state index in [0.29, 0.717) is 17.3 Å². The highest BCUT2D eigenvalue weighted by Gasteiger charge is 2.14. The molecule has 90 valence electrons. The average Bonchev–Trinajstić information content (AvgIpc) is 2.89. The highest BCUT2D eigenvalue weighted by atomic mass is 32.1. The van der Waals surface area contributed by atoms with Crippen LogP contribution in [0.15, 0.2) is 35.8 Å². The van der Waals surface area contributed by atoms with Crippen LogP contribution < -0.4 is 4.74 Å². The maximum Gasteiger partial charge on any atom is 0.250 e. The lowest BCUT2D eigenvalue weighted by atomic mass is 10.2. The highest BCUT2D eigenvalue weighted by Crippen LogP contribution is 2.27. The average molecular weight is 258 g/mol. The van der Waals surface area contributed by atoms with Gasteiger partial charge in [-0.3, -0.25) is 9.20 Å². The van der Waals surface area contributed by atoms with E-state index >= 15 is 0 Å². The number of ether oxygens (including phenoxy) is 1. The minimum atomic E-state index is 0.349. The molecule has 0 radical (unpaired) electrons. The molecule has 0 amide bonds. The van der Waals surface area contributed by atoms with Crippen molar-refractivity contribution in [3.8, 4) is 11.6 Å². The highest BCUT2D eigenvalue weighted by molar-refractivity contribution is 7.15. The molecule has 0 spiro atoms. The van der Waals surface area contributed by atoms with Crippen LogP contribution in [0.3, 0.4) is 0 Å². The van der Waals surface area contributed by atoms with E-state index < -0.39 is 0 Å². The van der Waals surface area contributed by atoms with Gasteiger partial charge in [0.05, 0.1) is 0 Å². The number of aromatic nitrogens is 2. The summed E-state index contributed by atoms with van der Waals surface area (Å²) in [5.74, 6) is 1.03. The molecule has 1 aromatic carbocycles. The van der Waals surface area contributed by atoms with Crippen LogP contribution in [-0.2, 0) is 0 Å². The van der Waals surface area contributed by atoms with Crippen molar-refractivity contribution in [1.29, 1.82) is 0 Å². The molecule has 3 aromatic rings. The van der Waals surface area contributed by atoms with Crippen molar-refractivity contribution < 1.29 is 9.53 Å². The van der Waals surface area contributed by atoms with Gasteiger partial charge in [-0.15, -0.1) is 11.3 Å². The quantitative estimate of drug-likeness (QED) is 0.677. The second kappa shape index (κ2) is 4.27. The molecule has 3 rings (SSSR count). The molecule has 0 saturated carbocycles. The monoisotopic (exact) mass is 258 g/mol. The number of hydrogen-bond donors (Lipinski definition) is 0. The Morgan fingerprint density at radius 2 is 2.33 bits per heavy atom. The lowest BCUT2D eigenvalue weighted by molar-refractivity contribution is 0.111. The Hall–Kier alpha value is -2.14. The molecule has 0 bridgehead atoms. The molecule has 2 heterocycles. The maximum absolute atomic E-state index is 11.1. The van der Waals surface area contributed by atoms with E-state index in [1.807, 2.05) is 36.6 Å². The zero-order valence-electron chi connectivity index (χ0n) is 9.66. The standard InChI is InChI=1S/C13H10N2O2S/c1-9-3-2-4-10(7-9)17-12-11(8-16)15-5-6-18-13(15)14-12/h2-8H,1H3. The predicted molar refractivity (Wildman–Crippen MR) is 69.7 cm³/mol. The Morgan fingerprint density at radius 1 is 1.44 bits per heavy atom. The van der Waals surface area contributed by atoms with Crippen molar-refractivity contribution in [2.75, 3.05) is 0 Å². The van der Waals surface area contributed by atoms with E-state index in [1.54, 1.807) is 10.6 Å². The second-order valence-corrected chi connectivity index (χ2v) is 4.77. The van der Waals surface area contributed by atoms with E-state index in [9.17, 15) is 4.79 Å². The zero-order valence-corrected chi connectivity index (χ0v) is 10.5. The minimum absolute atomic E-state index is 0.349. The van der Waals surface area contributed by atoms with Gasteiger partial charge in [-0.1, -0.05) is 12.1 Å². The van der Waals surface area contributed by atoms with Crippen molar-refractivity contribution in [2.24, 2.45) is 0 Å². The third kappa shape index (κ3) is 1.78. The van der Waals surface area contributed by atoms with Crippen LogP contribution in [0.1, 0.15) is 16.1 Å². The first kappa shape index (κ1) is 11.0. The molecule has 0 unspecified atom stereocenters. The fraction of sp³-hybridized carbons (Fsp3) is 0.0769. The summed E-state index contributed by atoms with van der Waals surface area (Å²) in [7, 11) is 0. The van der Waals surface area contributed by atoms with E-state index in [4.69, 9.17) is 4.74 Å². The summed E-state index contributed by atoms with van der Waals surface area (Å²) in [6.45, 7) is 1.99. The van der Waals surface area contributed by atoms with Gasteiger partial charge in [-0.2, -0.15) is 4.98 Å². The molecule has 0 aliphatic heterocycles. The van der Waals surface area contributed by atoms with Crippen LogP contribution in [0, 0.1) is 6.92 Å². The fourth-order valence-corrected chi connectivity index (χ4v) is 2.47. The normalized spacial score (nSPS) is 10.7. The largest absolute Gasteiger partial charge is 0.437 e. The topological polar surface area (TPSA) is 43.6 Å². The van der Waals surface area contributed by atoms with Crippen LogP contribution >= 0.6 is 11.3 Å². The molecule has 0 N–H and O–H groups in total. The van der Waals surface area contributed by atoms with Crippen LogP contribution in [0.25, 0.3) is 4.96 Å². The van der Waals surface area contributed by atoms with Crippen molar-refractivity contribution >= 4 is 22.6 Å². The van der Waals surface area contributed by atoms with Crippen LogP contribution in [-0.4, -0.2) is 15.7 Å². The Kier molecular flexibility index (Phi) is 2.60. The van der Waals surface area contributed by atoms with Gasteiger partial charge in [0.2, 0.25) is 5.88 Å². The van der Waals surface area contributed by atoms with E-state index in [-0.39, 0.29) is 0 Å². The summed E-state index contributed by atoms with van der Waals surface area (Å²) < 4.78 is 7.39. The number of aldehydes is 1. The van der Waals surface area contributed by atoms with Crippen molar-refractivity contribution in [3.05, 3.63) is 47.1 Å². The third-order valence-electron chi connectivity index (χ3n) is 2.58. The Balaban J connectivity index is 2.04. The SMILES string of the molecule is Cc1cccc(Oc2nc3sccn3c2C=O)c1. The number of hydrogen-bond acceptors (Lipinski definition) is 4. The number of carbonyl (C=O) groups is 1. The smallest absolute Gasteiger partial charge is 0.250 e. The Labute approximate surface area is 107 Å². The van der Waals surface area contributed by atoms with Gasteiger partial charge in [0, 0.05) is 11.6 Å². The molecule has 0 saturated heterocycles. The molecule has 0 aliphatic rings. The lowest BCUT2D eigenvalue weighted by Crippen LogP contribution is -1.92. The number of imidazole rings is 1. The number of benzene rings is 1. The summed E-state index contributed by atoms with van der Waals surface area (Å²) in [6, 6.07) is 7.64. The lowest BCUT2D eigenvalue weighted by Gasteiger charge is -2.03. The number of rotatable bonds is 3. The van der Waals surface area contributed by atoms with Crippen LogP contribution in [0.4, 0.5) is 0 Å². The van der Waals surface area contributed by atoms with Crippen molar-refractivity contribution in [3.63, 3.8) is 0 Å². The summed E-state index contributed by atoms with van der Waals surface area (Å²) in [4.78, 5) is 16.2. The molecule has 0 fully saturated rings. The van der Waals surface area contributed by atoms with E-state index in [0.717, 1.165) is 16.8 Å². The molecular formula is C13H10N2O2S. The summed E-state index contributed by atoms with van der Waals surface area (Å²) in [5, 5.41) is 1.88. The minimum Gasteiger partial charge on any atom is -0.437 e. The van der Waals surface area contributed by atoms with Gasteiger partial charge in [0.15, 0.2) is 16.9 Å². The Bertz CT molecular complexity index is 715. The molecule has 0 aliphatic carbocycles. The van der Waals surface area contributed by atoms with E-state index in [1.165, 1.54) is 11.3 Å². The predicted octanol–water partition coefficient (Wildman–Crippen LogP) is 3.31. The van der Waals surface area contributed by atoms with Gasteiger partial charge in [-0.05, 0) is 24.6 Å². The first-order chi connectivity index (χ1) is 8.78. The summed E-state index contributed by atoms with van der Waals surface area (Å²) in [5.41, 5.74) is 1.54. The van der Waals surface area contributed by atoms with Crippen LogP contribution in [0.5, 0.6) is 11.6 Å². The van der Waals surface area contributed by atoms with Gasteiger partial charge < -0.3 is 4.74 Å². The fourth-order valence-electron chi connectivity index (χ4n) is 1.76. The zero-order chi connectivity index (χ0) is 12.5. The number of thiazole rings is 1. The molecule has 4 nitrogen and oxygen atoms in total. The Morgan fingerprint density at radius 3 is 3.11 bits per heavy atom. The van der Waals surface area contributed by atoms with Crippen LogP contribution in [0.2, 0.25) is 0 Å². The molecule has 5 heteroatoms. The van der Waals surface area contributed by atoms with Gasteiger partial charge in [0.25, 0.3) is 0 Å². The number of fused-ring (bicyclic) bond motifs is 1. The molecule has 0 atom stereocenters. The number of carbonyl (C=O) groups excluding carboxylic acids is 1. The maximum atomic E-state index is 11.1. The second-order valence-electron chi connectivity index (χ2n) is 3.89. The van der Waals surface area contributed by atoms with Gasteiger partial charge in [0.1, 0.15) is 5.75 Å². The number of aryl methyl sites for hydroxylation is 1. The van der Waals surface area contributed by atoms with E-state index in [2.05, 4.69) is 4.98 Å². The van der Waals surface area contributed by atoms with Gasteiger partial charge >= 0.3 is 0 Å². The first-order valence-corrected chi connectivity index (χ1v) is 6.31. The summed E-state index contributed by atoms with van der Waals surface area (Å²) >= 11 is 1.46. The third-order valence-corrected chi connectivity index (χ3v) is 3.34. The number of nitrogens with zero attached hydrogens (tertiary/aromatic N) is 2. The molecular weight excluding hydrogens is 248 g/mol. The molecule has 2 aromatic heterocycles. The molecule has 18 heavy (non-hydrogen) atoms. The van der Waals surface area contributed by atoms with Crippen molar-refractivity contribution in [1.82, 2.24) is 9.38 Å².